The molecule has 0 aliphatic heterocycles. The van der Waals surface area contributed by atoms with Gasteiger partial charge in [0.2, 0.25) is 41.4 Å². The average Bonchev–Trinajstić information content (AvgIpc) is 3.92. The molecule has 14 N–H and O–H groups in total. The number of amides is 7. The molecule has 0 spiro atoms. The number of fused-ring (bicyclic) bond motifs is 1. The van der Waals surface area contributed by atoms with E-state index >= 15 is 0 Å². The Morgan fingerprint density at radius 2 is 1.25 bits per heavy atom. The van der Waals surface area contributed by atoms with Gasteiger partial charge in [-0.05, 0) is 43.4 Å². The number of aromatic amines is 2. The number of rotatable bonds is 25. The summed E-state index contributed by atoms with van der Waals surface area (Å²) in [5, 5.41) is 17.0. The van der Waals surface area contributed by atoms with Crippen LogP contribution in [-0.4, -0.2) is 105 Å². The number of primary amides is 1. The maximum Gasteiger partial charge on any atom is 0.243 e. The van der Waals surface area contributed by atoms with E-state index in [9.17, 15) is 33.6 Å². The van der Waals surface area contributed by atoms with Crippen LogP contribution in [0.2, 0.25) is 0 Å². The molecule has 4 rings (SSSR count). The smallest absolute Gasteiger partial charge is 0.243 e. The monoisotopic (exact) mass is 869 g/mol. The zero-order valence-electron chi connectivity index (χ0n) is 35.7. The molecule has 2 aromatic heterocycles. The van der Waals surface area contributed by atoms with Crippen LogP contribution in [0.4, 0.5) is 0 Å². The summed E-state index contributed by atoms with van der Waals surface area (Å²) in [6, 6.07) is 9.34. The van der Waals surface area contributed by atoms with Crippen LogP contribution in [-0.2, 0) is 52.8 Å². The highest BCUT2D eigenvalue weighted by Gasteiger charge is 2.33. The summed E-state index contributed by atoms with van der Waals surface area (Å²) < 4.78 is 0. The van der Waals surface area contributed by atoms with Gasteiger partial charge in [-0.1, -0.05) is 68.3 Å². The number of guanidine groups is 1. The van der Waals surface area contributed by atoms with Crippen molar-refractivity contribution in [2.24, 2.45) is 22.2 Å². The van der Waals surface area contributed by atoms with Gasteiger partial charge in [0.05, 0.1) is 6.33 Å². The molecule has 0 saturated carbocycles. The normalized spacial score (nSPS) is 13.8. The Hall–Kier alpha value is -7.25. The van der Waals surface area contributed by atoms with Crippen molar-refractivity contribution in [2.75, 3.05) is 6.54 Å². The van der Waals surface area contributed by atoms with Gasteiger partial charge in [0, 0.05) is 61.7 Å². The topological polar surface area (TPSA) is 327 Å². The predicted octanol–water partition coefficient (Wildman–Crippen LogP) is -0.403. The minimum atomic E-state index is -1.28. The first-order valence-corrected chi connectivity index (χ1v) is 20.8. The second kappa shape index (κ2) is 24.3. The van der Waals surface area contributed by atoms with Crippen molar-refractivity contribution in [3.8, 4) is 0 Å². The molecule has 7 amide bonds. The highest BCUT2D eigenvalue weighted by atomic mass is 16.2. The van der Waals surface area contributed by atoms with E-state index in [1.54, 1.807) is 36.5 Å². The molecule has 0 saturated heterocycles. The molecule has 338 valence electrons. The molecule has 63 heavy (non-hydrogen) atoms. The van der Waals surface area contributed by atoms with Crippen molar-refractivity contribution in [3.63, 3.8) is 0 Å². The number of para-hydroxylation sites is 1. The maximum absolute atomic E-state index is 14.3. The van der Waals surface area contributed by atoms with Gasteiger partial charge in [-0.3, -0.25) is 38.6 Å². The van der Waals surface area contributed by atoms with Crippen molar-refractivity contribution >= 4 is 58.2 Å². The standard InChI is InChI=1S/C43H59N13O7/c1-4-5-15-32(52-26(3)57)40(61)56-36(21-29-23-47-24-50-29)42(63)55-35(19-27-12-7-6-8-13-27)41(62)53-33(17-11-18-48-43(45)46)39(60)51-25(2)38(59)54-34(37(44)58)20-28-22-49-31-16-10-9-14-30(28)31/h6-10,12-14,16,22-25,32-36,49H,4-5,11,15,17-21H2,1-3H3,(H2,44,58)(H,47,50)(H,51,60)(H,52,57)(H,53,62)(H,54,59)(H,55,63)(H,56,61)(H4,45,46,48)/t25-,32-,33-,34-,35?,36-/m0/s1. The fourth-order valence-corrected chi connectivity index (χ4v) is 6.82. The van der Waals surface area contributed by atoms with Crippen LogP contribution in [0.3, 0.4) is 0 Å². The number of nitrogens with one attached hydrogen (secondary N) is 8. The van der Waals surface area contributed by atoms with Crippen LogP contribution >= 0.6 is 0 Å². The number of hydrogen-bond donors (Lipinski definition) is 11. The molecule has 0 aliphatic carbocycles. The number of carbonyl (C=O) groups is 7. The van der Waals surface area contributed by atoms with Crippen LogP contribution in [0.5, 0.6) is 0 Å². The first-order valence-electron chi connectivity index (χ1n) is 20.8. The molecule has 4 aromatic rings. The lowest BCUT2D eigenvalue weighted by Crippen LogP contribution is -2.60. The Morgan fingerprint density at radius 3 is 1.89 bits per heavy atom. The second-order valence-electron chi connectivity index (χ2n) is 15.3. The number of H-pyrrole nitrogens is 2. The zero-order valence-corrected chi connectivity index (χ0v) is 35.7. The number of nitrogens with zero attached hydrogens (tertiary/aromatic N) is 2. The number of aromatic nitrogens is 3. The van der Waals surface area contributed by atoms with E-state index in [1.807, 2.05) is 31.2 Å². The summed E-state index contributed by atoms with van der Waals surface area (Å²) in [4.78, 5) is 108. The van der Waals surface area contributed by atoms with Crippen LogP contribution in [0, 0.1) is 0 Å². The largest absolute Gasteiger partial charge is 0.370 e. The van der Waals surface area contributed by atoms with Crippen LogP contribution in [0.1, 0.15) is 69.7 Å². The van der Waals surface area contributed by atoms with E-state index in [0.717, 1.165) is 22.9 Å². The number of carbonyl (C=O) groups excluding carboxylic acids is 7. The first kappa shape index (κ1) is 48.4. The summed E-state index contributed by atoms with van der Waals surface area (Å²) in [5.74, 6) is -4.86. The van der Waals surface area contributed by atoms with Gasteiger partial charge in [-0.25, -0.2) is 4.98 Å². The Balaban J connectivity index is 1.54. The van der Waals surface area contributed by atoms with E-state index in [0.29, 0.717) is 24.1 Å². The fraction of sp³-hybridized carbons (Fsp3) is 0.419. The van der Waals surface area contributed by atoms with Gasteiger partial charge >= 0.3 is 0 Å². The molecule has 20 heteroatoms. The quantitative estimate of drug-likeness (QED) is 0.0233. The Morgan fingerprint density at radius 1 is 0.667 bits per heavy atom. The molecule has 2 aromatic carbocycles. The Kier molecular flexibility index (Phi) is 18.6. The maximum atomic E-state index is 14.3. The van der Waals surface area contributed by atoms with E-state index in [-0.39, 0.29) is 44.6 Å². The third kappa shape index (κ3) is 15.6. The summed E-state index contributed by atoms with van der Waals surface area (Å²) >= 11 is 0. The molecular weight excluding hydrogens is 811 g/mol. The number of hydrogen-bond acceptors (Lipinski definition) is 9. The summed E-state index contributed by atoms with van der Waals surface area (Å²) in [6.07, 6.45) is 6.66. The lowest BCUT2D eigenvalue weighted by molar-refractivity contribution is -0.135. The van der Waals surface area contributed by atoms with Gasteiger partial charge in [0.25, 0.3) is 0 Å². The van der Waals surface area contributed by atoms with Crippen molar-refractivity contribution < 1.29 is 33.6 Å². The van der Waals surface area contributed by atoms with Gasteiger partial charge in [-0.2, -0.15) is 0 Å². The molecule has 0 aliphatic rings. The minimum Gasteiger partial charge on any atom is -0.370 e. The summed E-state index contributed by atoms with van der Waals surface area (Å²) in [7, 11) is 0. The lowest BCUT2D eigenvalue weighted by Gasteiger charge is -2.27. The van der Waals surface area contributed by atoms with Crippen LogP contribution < -0.4 is 49.1 Å². The SMILES string of the molecule is CCCC[C@H](NC(C)=O)C(=O)N[C@@H](Cc1cnc[nH]1)C(=O)NC(Cc1ccccc1)C(=O)N[C@@H](CCCN=C(N)N)C(=O)N[C@@H](C)C(=O)N[C@@H](Cc1c[nH]c2ccccc12)C(N)=O. The fourth-order valence-electron chi connectivity index (χ4n) is 6.82. The number of benzene rings is 2. The van der Waals surface area contributed by atoms with Gasteiger partial charge in [0.15, 0.2) is 5.96 Å². The minimum absolute atomic E-state index is 0.0137. The molecule has 0 fully saturated rings. The van der Waals surface area contributed by atoms with E-state index in [2.05, 4.69) is 51.8 Å². The van der Waals surface area contributed by atoms with Crippen molar-refractivity contribution in [2.45, 2.75) is 108 Å². The van der Waals surface area contributed by atoms with Crippen molar-refractivity contribution in [1.82, 2.24) is 46.9 Å². The molecule has 1 unspecified atom stereocenters. The average molecular weight is 870 g/mol. The number of aliphatic imine (C=N–C) groups is 1. The highest BCUT2D eigenvalue weighted by molar-refractivity contribution is 5.97. The third-order valence-electron chi connectivity index (χ3n) is 10.2. The molecule has 0 bridgehead atoms. The Bertz CT molecular complexity index is 2190. The molecule has 20 nitrogen and oxygen atoms in total. The van der Waals surface area contributed by atoms with Crippen LogP contribution in [0.15, 0.2) is 78.3 Å². The van der Waals surface area contributed by atoms with Gasteiger partial charge < -0.3 is 59.1 Å². The lowest BCUT2D eigenvalue weighted by atomic mass is 10.0. The third-order valence-corrected chi connectivity index (χ3v) is 10.2. The summed E-state index contributed by atoms with van der Waals surface area (Å²) in [5.41, 5.74) is 19.5. The van der Waals surface area contributed by atoms with Gasteiger partial charge in [-0.15, -0.1) is 0 Å². The van der Waals surface area contributed by atoms with E-state index in [4.69, 9.17) is 17.2 Å². The van der Waals surface area contributed by atoms with E-state index in [1.165, 1.54) is 26.4 Å². The van der Waals surface area contributed by atoms with E-state index < -0.39 is 77.6 Å². The number of nitrogens with two attached hydrogens (primary N) is 3. The molecular formula is C43H59N13O7. The van der Waals surface area contributed by atoms with Crippen LogP contribution in [0.25, 0.3) is 10.9 Å². The van der Waals surface area contributed by atoms with Gasteiger partial charge in [0.1, 0.15) is 36.3 Å². The van der Waals surface area contributed by atoms with Crippen molar-refractivity contribution in [1.29, 1.82) is 0 Å². The Labute approximate surface area is 365 Å². The summed E-state index contributed by atoms with van der Waals surface area (Å²) in [6.45, 7) is 4.77. The second-order valence-corrected chi connectivity index (χ2v) is 15.3. The molecule has 0 radical (unpaired) electrons. The highest BCUT2D eigenvalue weighted by Crippen LogP contribution is 2.19. The molecule has 2 heterocycles. The zero-order chi connectivity index (χ0) is 45.9. The molecule has 6 atom stereocenters. The van der Waals surface area contributed by atoms with Crippen molar-refractivity contribution in [3.05, 3.63) is 90.1 Å². The number of imidazole rings is 1. The first-order chi connectivity index (χ1) is 30.1. The predicted molar refractivity (Wildman–Crippen MR) is 236 cm³/mol. The number of unbranched alkanes of at least 4 members (excludes halogenated alkanes) is 1.